The van der Waals surface area contributed by atoms with E-state index in [2.05, 4.69) is 24.2 Å². The Morgan fingerprint density at radius 3 is 2.50 bits per heavy atom. The molecule has 1 atom stereocenters. The van der Waals surface area contributed by atoms with Crippen LogP contribution in [0.3, 0.4) is 0 Å². The first-order valence-corrected chi connectivity index (χ1v) is 3.55. The number of hydrogen-bond acceptors (Lipinski definition) is 1. The van der Waals surface area contributed by atoms with Gasteiger partial charge in [0, 0.05) is 13.1 Å². The molecule has 1 unspecified atom stereocenters. The standard InChI is InChI=1S/C7H15N3/c1-7(2)4-5(7)10-6(8)9-3/h5H,4H2,1-3H3,(H3,8,9,10). The van der Waals surface area contributed by atoms with Crippen molar-refractivity contribution < 1.29 is 0 Å². The van der Waals surface area contributed by atoms with Crippen molar-refractivity contribution in [2.24, 2.45) is 16.1 Å². The molecule has 1 aliphatic rings. The zero-order valence-electron chi connectivity index (χ0n) is 6.81. The number of nitrogens with zero attached hydrogens (tertiary/aromatic N) is 1. The first-order chi connectivity index (χ1) is 4.56. The molecule has 0 radical (unpaired) electrons. The highest BCUT2D eigenvalue weighted by Gasteiger charge is 2.45. The molecule has 0 bridgehead atoms. The molecule has 1 aliphatic carbocycles. The fourth-order valence-corrected chi connectivity index (χ4v) is 0.957. The molecule has 0 saturated heterocycles. The Labute approximate surface area is 61.7 Å². The minimum atomic E-state index is 0.426. The summed E-state index contributed by atoms with van der Waals surface area (Å²) in [5, 5.41) is 3.12. The summed E-state index contributed by atoms with van der Waals surface area (Å²) >= 11 is 0. The summed E-state index contributed by atoms with van der Waals surface area (Å²) in [6.45, 7) is 4.43. The van der Waals surface area contributed by atoms with Crippen LogP contribution in [-0.2, 0) is 0 Å². The van der Waals surface area contributed by atoms with E-state index in [1.165, 1.54) is 6.42 Å². The first-order valence-electron chi connectivity index (χ1n) is 3.55. The molecule has 1 saturated carbocycles. The van der Waals surface area contributed by atoms with Gasteiger partial charge < -0.3 is 11.1 Å². The Morgan fingerprint density at radius 1 is 1.70 bits per heavy atom. The number of guanidine groups is 1. The van der Waals surface area contributed by atoms with Crippen molar-refractivity contribution in [2.45, 2.75) is 26.3 Å². The lowest BCUT2D eigenvalue weighted by Gasteiger charge is -2.05. The normalized spacial score (nSPS) is 29.9. The molecule has 3 N–H and O–H groups in total. The molecule has 0 aromatic rings. The largest absolute Gasteiger partial charge is 0.370 e. The van der Waals surface area contributed by atoms with Crippen LogP contribution in [0.25, 0.3) is 0 Å². The van der Waals surface area contributed by atoms with Crippen molar-refractivity contribution in [1.82, 2.24) is 5.32 Å². The summed E-state index contributed by atoms with van der Waals surface area (Å²) in [6.07, 6.45) is 1.20. The van der Waals surface area contributed by atoms with Crippen LogP contribution in [0.4, 0.5) is 0 Å². The minimum absolute atomic E-state index is 0.426. The summed E-state index contributed by atoms with van der Waals surface area (Å²) in [7, 11) is 1.69. The van der Waals surface area contributed by atoms with Crippen molar-refractivity contribution in [3.05, 3.63) is 0 Å². The summed E-state index contributed by atoms with van der Waals surface area (Å²) < 4.78 is 0. The van der Waals surface area contributed by atoms with E-state index in [0.717, 1.165) is 0 Å². The molecular formula is C7H15N3. The van der Waals surface area contributed by atoms with Crippen LogP contribution in [0.5, 0.6) is 0 Å². The molecule has 0 amide bonds. The first kappa shape index (κ1) is 7.38. The third kappa shape index (κ3) is 1.40. The molecule has 0 aromatic heterocycles. The van der Waals surface area contributed by atoms with E-state index in [-0.39, 0.29) is 0 Å². The highest BCUT2D eigenvalue weighted by molar-refractivity contribution is 5.78. The number of nitrogens with one attached hydrogen (secondary N) is 1. The highest BCUT2D eigenvalue weighted by atomic mass is 15.1. The average molecular weight is 141 g/mol. The monoisotopic (exact) mass is 141 g/mol. The molecule has 10 heavy (non-hydrogen) atoms. The van der Waals surface area contributed by atoms with Gasteiger partial charge in [0.15, 0.2) is 5.96 Å². The maximum atomic E-state index is 5.47. The summed E-state index contributed by atoms with van der Waals surface area (Å²) in [5.74, 6) is 0.551. The van der Waals surface area contributed by atoms with E-state index in [0.29, 0.717) is 17.4 Å². The lowest BCUT2D eigenvalue weighted by Crippen LogP contribution is -2.34. The lowest BCUT2D eigenvalue weighted by atomic mass is 10.2. The number of aliphatic imine (C=N–C) groups is 1. The van der Waals surface area contributed by atoms with Gasteiger partial charge in [-0.15, -0.1) is 0 Å². The summed E-state index contributed by atoms with van der Waals surface area (Å²) in [4.78, 5) is 3.82. The lowest BCUT2D eigenvalue weighted by molar-refractivity contribution is 0.593. The zero-order chi connectivity index (χ0) is 7.78. The topological polar surface area (TPSA) is 50.4 Å². The second-order valence-corrected chi connectivity index (χ2v) is 3.50. The van der Waals surface area contributed by atoms with E-state index in [4.69, 9.17) is 5.73 Å². The minimum Gasteiger partial charge on any atom is -0.370 e. The summed E-state index contributed by atoms with van der Waals surface area (Å²) in [5.41, 5.74) is 5.90. The molecular weight excluding hydrogens is 126 g/mol. The second-order valence-electron chi connectivity index (χ2n) is 3.50. The van der Waals surface area contributed by atoms with Crippen molar-refractivity contribution in [3.8, 4) is 0 Å². The second kappa shape index (κ2) is 2.15. The molecule has 3 nitrogen and oxygen atoms in total. The van der Waals surface area contributed by atoms with Crippen molar-refractivity contribution in [1.29, 1.82) is 0 Å². The van der Waals surface area contributed by atoms with Crippen LogP contribution >= 0.6 is 0 Å². The van der Waals surface area contributed by atoms with Crippen LogP contribution in [0.1, 0.15) is 20.3 Å². The molecule has 1 fully saturated rings. The maximum absolute atomic E-state index is 5.47. The van der Waals surface area contributed by atoms with Gasteiger partial charge in [0.1, 0.15) is 0 Å². The fourth-order valence-electron chi connectivity index (χ4n) is 0.957. The Kier molecular flexibility index (Phi) is 1.58. The summed E-state index contributed by atoms with van der Waals surface area (Å²) in [6, 6.07) is 0.538. The SMILES string of the molecule is CN=C(N)NC1CC1(C)C. The van der Waals surface area contributed by atoms with Crippen molar-refractivity contribution in [3.63, 3.8) is 0 Å². The highest BCUT2D eigenvalue weighted by Crippen LogP contribution is 2.44. The van der Waals surface area contributed by atoms with E-state index in [1.807, 2.05) is 0 Å². The van der Waals surface area contributed by atoms with Crippen LogP contribution < -0.4 is 11.1 Å². The third-order valence-corrected chi connectivity index (χ3v) is 2.08. The van der Waals surface area contributed by atoms with Gasteiger partial charge in [0.05, 0.1) is 0 Å². The van der Waals surface area contributed by atoms with Gasteiger partial charge in [0.25, 0.3) is 0 Å². The Balaban J connectivity index is 2.31. The Hall–Kier alpha value is -0.730. The predicted molar refractivity (Wildman–Crippen MR) is 42.9 cm³/mol. The predicted octanol–water partition coefficient (Wildman–Crippen LogP) is 0.319. The number of hydrogen-bond donors (Lipinski definition) is 2. The average Bonchev–Trinajstić information content (AvgIpc) is 2.40. The van der Waals surface area contributed by atoms with Gasteiger partial charge in [-0.3, -0.25) is 4.99 Å². The molecule has 0 aliphatic heterocycles. The van der Waals surface area contributed by atoms with E-state index in [9.17, 15) is 0 Å². The van der Waals surface area contributed by atoms with Crippen LogP contribution in [0, 0.1) is 5.41 Å². The maximum Gasteiger partial charge on any atom is 0.188 e. The van der Waals surface area contributed by atoms with Crippen LogP contribution in [0.15, 0.2) is 4.99 Å². The zero-order valence-corrected chi connectivity index (χ0v) is 6.81. The molecule has 0 aromatic carbocycles. The quantitative estimate of drug-likeness (QED) is 0.408. The van der Waals surface area contributed by atoms with Crippen LogP contribution in [0.2, 0.25) is 0 Å². The number of rotatable bonds is 1. The molecule has 0 heterocycles. The van der Waals surface area contributed by atoms with Crippen molar-refractivity contribution in [2.75, 3.05) is 7.05 Å². The van der Waals surface area contributed by atoms with Gasteiger partial charge in [-0.1, -0.05) is 13.8 Å². The van der Waals surface area contributed by atoms with Gasteiger partial charge in [-0.2, -0.15) is 0 Å². The molecule has 0 spiro atoms. The number of nitrogens with two attached hydrogens (primary N) is 1. The van der Waals surface area contributed by atoms with Gasteiger partial charge >= 0.3 is 0 Å². The Bertz CT molecular complexity index is 160. The molecule has 3 heteroatoms. The Morgan fingerprint density at radius 2 is 2.20 bits per heavy atom. The van der Waals surface area contributed by atoms with E-state index < -0.39 is 0 Å². The van der Waals surface area contributed by atoms with Gasteiger partial charge in [0.2, 0.25) is 0 Å². The van der Waals surface area contributed by atoms with Gasteiger partial charge in [-0.25, -0.2) is 0 Å². The van der Waals surface area contributed by atoms with Crippen molar-refractivity contribution >= 4 is 5.96 Å². The van der Waals surface area contributed by atoms with E-state index >= 15 is 0 Å². The van der Waals surface area contributed by atoms with E-state index in [1.54, 1.807) is 7.05 Å². The smallest absolute Gasteiger partial charge is 0.188 e. The van der Waals surface area contributed by atoms with Crippen LogP contribution in [-0.4, -0.2) is 19.0 Å². The third-order valence-electron chi connectivity index (χ3n) is 2.08. The molecule has 58 valence electrons. The fraction of sp³-hybridized carbons (Fsp3) is 0.857. The van der Waals surface area contributed by atoms with Gasteiger partial charge in [-0.05, 0) is 11.8 Å². The molecule has 1 rings (SSSR count).